The standard InChI is InChI=1S/C31H29.C9H5Cl2.2CH3.Zr/c1-18-11-20(3)30(21(4)12-18)26-9-7-24-15-25-8-10-27(17-29(25)28(24)16-26)31-22(5)13-19(2)14-23(31)6;10-8-4-5-9(11)7-3-1-2-6(7)8;;;/h7,9-14,16-17H,15H2,1-6H3;1-5H;2*1H3;/q4*-1;+4. The van der Waals surface area contributed by atoms with Crippen LogP contribution in [0, 0.1) is 62.5 Å². The van der Waals surface area contributed by atoms with E-state index in [1.165, 1.54) is 77.9 Å². The van der Waals surface area contributed by atoms with Gasteiger partial charge >= 0.3 is 26.2 Å². The maximum absolute atomic E-state index is 5.91. The first-order chi connectivity index (χ1) is 20.1. The molecule has 0 radical (unpaired) electrons. The Bertz CT molecular complexity index is 1810. The predicted molar refractivity (Wildman–Crippen MR) is 195 cm³/mol. The molecule has 0 saturated heterocycles. The van der Waals surface area contributed by atoms with Crippen molar-refractivity contribution < 1.29 is 26.2 Å². The third-order valence-corrected chi connectivity index (χ3v) is 9.09. The molecule has 0 saturated carbocycles. The molecule has 7 rings (SSSR count). The number of hydrogen-bond acceptors (Lipinski definition) is 0. The first kappa shape index (κ1) is 36.6. The Balaban J connectivity index is 0.000000335. The molecular formula is C42H40Cl2Zr. The SMILES string of the molecule is Cc1cc(C)c(-c2c[c-]c3c(c2)-c2cc(-c4c(C)cc(C)cc4C)ccc2C3)c(C)c1.Clc1ccc(Cl)c2[cH-]ccc12.[CH3-].[CH3-].[Zr+4]. The van der Waals surface area contributed by atoms with Gasteiger partial charge in [-0.05, 0) is 80.3 Å². The van der Waals surface area contributed by atoms with Crippen molar-refractivity contribution in [2.24, 2.45) is 0 Å². The van der Waals surface area contributed by atoms with E-state index in [9.17, 15) is 0 Å². The van der Waals surface area contributed by atoms with E-state index in [0.717, 1.165) is 27.2 Å². The molecule has 6 aromatic rings. The van der Waals surface area contributed by atoms with Gasteiger partial charge in [0.25, 0.3) is 0 Å². The summed E-state index contributed by atoms with van der Waals surface area (Å²) in [6.45, 7) is 13.2. The topological polar surface area (TPSA) is 0 Å². The third kappa shape index (κ3) is 7.12. The van der Waals surface area contributed by atoms with Crippen molar-refractivity contribution in [2.75, 3.05) is 0 Å². The average Bonchev–Trinajstić information content (AvgIpc) is 3.56. The molecule has 0 nitrogen and oxygen atoms in total. The summed E-state index contributed by atoms with van der Waals surface area (Å²) in [6.07, 6.45) is 0.975. The van der Waals surface area contributed by atoms with Crippen LogP contribution in [-0.4, -0.2) is 0 Å². The van der Waals surface area contributed by atoms with Crippen molar-refractivity contribution in [1.82, 2.24) is 0 Å². The molecule has 0 amide bonds. The minimum Gasteiger partial charge on any atom is -0.358 e. The number of fused-ring (bicyclic) bond motifs is 4. The minimum atomic E-state index is 0. The Morgan fingerprint density at radius 2 is 1.16 bits per heavy atom. The first-order valence-corrected chi connectivity index (χ1v) is 15.2. The smallest absolute Gasteiger partial charge is 0.358 e. The van der Waals surface area contributed by atoms with Crippen LogP contribution in [0.4, 0.5) is 0 Å². The summed E-state index contributed by atoms with van der Waals surface area (Å²) in [6, 6.07) is 33.9. The zero-order valence-corrected chi connectivity index (χ0v) is 31.5. The fourth-order valence-corrected chi connectivity index (χ4v) is 7.27. The molecule has 0 atom stereocenters. The molecule has 0 aliphatic heterocycles. The third-order valence-electron chi connectivity index (χ3n) is 8.43. The van der Waals surface area contributed by atoms with Gasteiger partial charge in [-0.2, -0.15) is 35.9 Å². The van der Waals surface area contributed by atoms with E-state index in [2.05, 4.69) is 102 Å². The van der Waals surface area contributed by atoms with E-state index in [4.69, 9.17) is 23.2 Å². The van der Waals surface area contributed by atoms with Crippen LogP contribution >= 0.6 is 23.2 Å². The van der Waals surface area contributed by atoms with Crippen molar-refractivity contribution in [3.05, 3.63) is 160 Å². The number of benzene rings is 5. The Hall–Kier alpha value is -2.83. The molecule has 0 spiro atoms. The van der Waals surface area contributed by atoms with Gasteiger partial charge in [0.05, 0.1) is 0 Å². The molecule has 1 aliphatic carbocycles. The summed E-state index contributed by atoms with van der Waals surface area (Å²) < 4.78 is 0. The van der Waals surface area contributed by atoms with Gasteiger partial charge in [0.15, 0.2) is 0 Å². The number of hydrogen-bond donors (Lipinski definition) is 0. The van der Waals surface area contributed by atoms with Gasteiger partial charge in [0, 0.05) is 0 Å². The van der Waals surface area contributed by atoms with Crippen LogP contribution in [0.3, 0.4) is 0 Å². The molecule has 226 valence electrons. The second-order valence-electron chi connectivity index (χ2n) is 11.8. The molecule has 0 aromatic heterocycles. The molecule has 6 aromatic carbocycles. The molecule has 3 heteroatoms. The minimum absolute atomic E-state index is 0. The van der Waals surface area contributed by atoms with Crippen LogP contribution in [-0.2, 0) is 32.6 Å². The quantitative estimate of drug-likeness (QED) is 0.157. The van der Waals surface area contributed by atoms with Crippen molar-refractivity contribution in [2.45, 2.75) is 48.0 Å². The van der Waals surface area contributed by atoms with E-state index < -0.39 is 0 Å². The first-order valence-electron chi connectivity index (χ1n) is 14.4. The summed E-state index contributed by atoms with van der Waals surface area (Å²) in [5.74, 6) is 0. The largest absolute Gasteiger partial charge is 4.00 e. The van der Waals surface area contributed by atoms with Crippen LogP contribution in [0.5, 0.6) is 0 Å². The van der Waals surface area contributed by atoms with Crippen LogP contribution in [0.1, 0.15) is 44.5 Å². The van der Waals surface area contributed by atoms with Crippen molar-refractivity contribution in [1.29, 1.82) is 0 Å². The van der Waals surface area contributed by atoms with Gasteiger partial charge in [-0.1, -0.05) is 105 Å². The molecule has 0 unspecified atom stereocenters. The van der Waals surface area contributed by atoms with Crippen LogP contribution in [0.15, 0.2) is 84.9 Å². The average molecular weight is 707 g/mol. The molecule has 0 heterocycles. The monoisotopic (exact) mass is 704 g/mol. The molecule has 0 N–H and O–H groups in total. The Morgan fingerprint density at radius 1 is 0.622 bits per heavy atom. The summed E-state index contributed by atoms with van der Waals surface area (Å²) in [5, 5.41) is 3.57. The molecule has 1 aliphatic rings. The van der Waals surface area contributed by atoms with Crippen molar-refractivity contribution >= 4 is 34.0 Å². The summed E-state index contributed by atoms with van der Waals surface area (Å²) in [4.78, 5) is 0. The van der Waals surface area contributed by atoms with Crippen molar-refractivity contribution in [3.8, 4) is 33.4 Å². The fourth-order valence-electron chi connectivity index (χ4n) is 6.82. The normalized spacial score (nSPS) is 10.9. The van der Waals surface area contributed by atoms with Gasteiger partial charge in [0.1, 0.15) is 0 Å². The van der Waals surface area contributed by atoms with Crippen LogP contribution in [0.2, 0.25) is 10.0 Å². The number of rotatable bonds is 2. The number of aryl methyl sites for hydroxylation is 6. The summed E-state index contributed by atoms with van der Waals surface area (Å²) in [5.41, 5.74) is 18.8. The van der Waals surface area contributed by atoms with E-state index in [0.29, 0.717) is 0 Å². The van der Waals surface area contributed by atoms with Gasteiger partial charge in [-0.15, -0.1) is 39.6 Å². The molecule has 0 fully saturated rings. The Morgan fingerprint density at radius 3 is 1.73 bits per heavy atom. The second-order valence-corrected chi connectivity index (χ2v) is 12.6. The summed E-state index contributed by atoms with van der Waals surface area (Å²) in [7, 11) is 0. The Labute approximate surface area is 299 Å². The van der Waals surface area contributed by atoms with E-state index in [1.807, 2.05) is 30.3 Å². The second kappa shape index (κ2) is 14.7. The van der Waals surface area contributed by atoms with Crippen molar-refractivity contribution in [3.63, 3.8) is 0 Å². The fraction of sp³-hybridized carbons (Fsp3) is 0.167. The maximum Gasteiger partial charge on any atom is 4.00 e. The van der Waals surface area contributed by atoms with E-state index >= 15 is 0 Å². The zero-order valence-electron chi connectivity index (χ0n) is 27.5. The van der Waals surface area contributed by atoms with Gasteiger partial charge < -0.3 is 14.9 Å². The molecular weight excluding hydrogens is 667 g/mol. The van der Waals surface area contributed by atoms with Gasteiger partial charge in [0.2, 0.25) is 0 Å². The summed E-state index contributed by atoms with van der Waals surface area (Å²) >= 11 is 11.8. The van der Waals surface area contributed by atoms with Gasteiger partial charge in [-0.3, -0.25) is 0 Å². The van der Waals surface area contributed by atoms with Crippen LogP contribution in [0.25, 0.3) is 44.2 Å². The predicted octanol–water partition coefficient (Wildman–Crippen LogP) is 13.0. The number of halogens is 2. The Kier molecular flexibility index (Phi) is 12.0. The van der Waals surface area contributed by atoms with E-state index in [-0.39, 0.29) is 41.1 Å². The molecule has 0 bridgehead atoms. The molecule has 45 heavy (non-hydrogen) atoms. The zero-order chi connectivity index (χ0) is 29.7. The van der Waals surface area contributed by atoms with Gasteiger partial charge in [-0.25, -0.2) is 0 Å². The van der Waals surface area contributed by atoms with Crippen LogP contribution < -0.4 is 0 Å². The van der Waals surface area contributed by atoms with E-state index in [1.54, 1.807) is 0 Å². The maximum atomic E-state index is 5.91.